The number of hydrogen-bond donors (Lipinski definition) is 2. The molecule has 0 saturated heterocycles. The first-order chi connectivity index (χ1) is 9.56. The van der Waals surface area contributed by atoms with E-state index >= 15 is 0 Å². The molecular weight excluding hydrogens is 296 g/mol. The lowest BCUT2D eigenvalue weighted by Gasteiger charge is -2.10. The molecule has 0 aromatic heterocycles. The first kappa shape index (κ1) is 13.3. The third kappa shape index (κ3) is 2.46. The van der Waals surface area contributed by atoms with Crippen molar-refractivity contribution in [3.05, 3.63) is 53.1 Å². The average molecular weight is 309 g/mol. The van der Waals surface area contributed by atoms with E-state index in [4.69, 9.17) is 11.6 Å². The molecule has 2 aromatic carbocycles. The molecule has 0 fully saturated rings. The van der Waals surface area contributed by atoms with Gasteiger partial charge in [-0.1, -0.05) is 29.8 Å². The standard InChI is InChI=1S/C14H13ClN2O2S/c15-12-3-1-2-4-13(12)17-20(18,19)11-6-5-10-7-8-16-14(10)9-11/h1-6,9,16-17H,7-8H2. The smallest absolute Gasteiger partial charge is 0.262 e. The number of rotatable bonds is 3. The Morgan fingerprint density at radius 3 is 2.75 bits per heavy atom. The summed E-state index contributed by atoms with van der Waals surface area (Å²) in [5, 5.41) is 3.54. The summed E-state index contributed by atoms with van der Waals surface area (Å²) in [6.07, 6.45) is 0.924. The van der Waals surface area contributed by atoms with Crippen LogP contribution in [-0.2, 0) is 16.4 Å². The molecule has 2 aromatic rings. The second-order valence-corrected chi connectivity index (χ2v) is 6.67. The van der Waals surface area contributed by atoms with Crippen LogP contribution >= 0.6 is 11.6 Å². The van der Waals surface area contributed by atoms with Crippen LogP contribution in [0.25, 0.3) is 0 Å². The molecule has 1 heterocycles. The van der Waals surface area contributed by atoms with Crippen LogP contribution in [0, 0.1) is 0 Å². The zero-order valence-corrected chi connectivity index (χ0v) is 12.1. The highest BCUT2D eigenvalue weighted by atomic mass is 35.5. The summed E-state index contributed by atoms with van der Waals surface area (Å²) in [5.74, 6) is 0. The largest absolute Gasteiger partial charge is 0.384 e. The number of fused-ring (bicyclic) bond motifs is 1. The molecule has 20 heavy (non-hydrogen) atoms. The van der Waals surface area contributed by atoms with Crippen LogP contribution in [-0.4, -0.2) is 15.0 Å². The highest BCUT2D eigenvalue weighted by Gasteiger charge is 2.19. The van der Waals surface area contributed by atoms with Crippen molar-refractivity contribution >= 4 is 33.0 Å². The van der Waals surface area contributed by atoms with E-state index < -0.39 is 10.0 Å². The Morgan fingerprint density at radius 1 is 1.15 bits per heavy atom. The van der Waals surface area contributed by atoms with Crippen LogP contribution in [0.3, 0.4) is 0 Å². The van der Waals surface area contributed by atoms with Gasteiger partial charge in [0.05, 0.1) is 15.6 Å². The maximum Gasteiger partial charge on any atom is 0.262 e. The highest BCUT2D eigenvalue weighted by molar-refractivity contribution is 7.92. The second-order valence-electron chi connectivity index (χ2n) is 4.58. The zero-order chi connectivity index (χ0) is 14.2. The average Bonchev–Trinajstić information content (AvgIpc) is 2.88. The summed E-state index contributed by atoms with van der Waals surface area (Å²) < 4.78 is 27.2. The fraction of sp³-hybridized carbons (Fsp3) is 0.143. The van der Waals surface area contributed by atoms with Crippen LogP contribution in [0.15, 0.2) is 47.4 Å². The Balaban J connectivity index is 1.94. The molecule has 0 amide bonds. The van der Waals surface area contributed by atoms with Gasteiger partial charge in [0, 0.05) is 12.2 Å². The topological polar surface area (TPSA) is 58.2 Å². The van der Waals surface area contributed by atoms with Gasteiger partial charge < -0.3 is 5.32 Å². The van der Waals surface area contributed by atoms with Crippen molar-refractivity contribution in [2.24, 2.45) is 0 Å². The summed E-state index contributed by atoms with van der Waals surface area (Å²) in [5.41, 5.74) is 2.40. The highest BCUT2D eigenvalue weighted by Crippen LogP contribution is 2.28. The van der Waals surface area contributed by atoms with Gasteiger partial charge in [-0.3, -0.25) is 4.72 Å². The Hall–Kier alpha value is -1.72. The summed E-state index contributed by atoms with van der Waals surface area (Å²) in [6.45, 7) is 0.844. The monoisotopic (exact) mass is 308 g/mol. The number of para-hydroxylation sites is 1. The molecule has 0 radical (unpaired) electrons. The normalized spacial score (nSPS) is 13.7. The van der Waals surface area contributed by atoms with Crippen molar-refractivity contribution in [2.45, 2.75) is 11.3 Å². The van der Waals surface area contributed by atoms with E-state index in [-0.39, 0.29) is 4.90 Å². The molecule has 0 saturated carbocycles. The first-order valence-corrected chi connectivity index (χ1v) is 8.06. The Kier molecular flexibility index (Phi) is 3.31. The predicted octanol–water partition coefficient (Wildman–Crippen LogP) is 3.11. The van der Waals surface area contributed by atoms with E-state index in [1.165, 1.54) is 0 Å². The molecule has 3 rings (SSSR count). The number of benzene rings is 2. The lowest BCUT2D eigenvalue weighted by atomic mass is 10.2. The molecule has 4 nitrogen and oxygen atoms in total. The van der Waals surface area contributed by atoms with Crippen molar-refractivity contribution in [1.29, 1.82) is 0 Å². The van der Waals surface area contributed by atoms with Gasteiger partial charge in [0.25, 0.3) is 10.0 Å². The van der Waals surface area contributed by atoms with Gasteiger partial charge >= 0.3 is 0 Å². The van der Waals surface area contributed by atoms with E-state index in [0.29, 0.717) is 10.7 Å². The quantitative estimate of drug-likeness (QED) is 0.916. The lowest BCUT2D eigenvalue weighted by molar-refractivity contribution is 0.601. The second kappa shape index (κ2) is 5.00. The van der Waals surface area contributed by atoms with Gasteiger partial charge in [0.15, 0.2) is 0 Å². The molecule has 0 unspecified atom stereocenters. The molecule has 0 aliphatic carbocycles. The van der Waals surface area contributed by atoms with Crippen LogP contribution in [0.4, 0.5) is 11.4 Å². The maximum atomic E-state index is 12.4. The van der Waals surface area contributed by atoms with Gasteiger partial charge in [0.2, 0.25) is 0 Å². The molecular formula is C14H13ClN2O2S. The number of nitrogens with one attached hydrogen (secondary N) is 2. The number of anilines is 2. The maximum absolute atomic E-state index is 12.4. The van der Waals surface area contributed by atoms with E-state index in [9.17, 15) is 8.42 Å². The fourth-order valence-electron chi connectivity index (χ4n) is 2.18. The fourth-order valence-corrected chi connectivity index (χ4v) is 3.53. The van der Waals surface area contributed by atoms with E-state index in [1.807, 2.05) is 6.07 Å². The minimum Gasteiger partial charge on any atom is -0.384 e. The molecule has 0 bridgehead atoms. The number of hydrogen-bond acceptors (Lipinski definition) is 3. The van der Waals surface area contributed by atoms with Crippen molar-refractivity contribution < 1.29 is 8.42 Å². The third-order valence-electron chi connectivity index (χ3n) is 3.22. The van der Waals surface area contributed by atoms with Gasteiger partial charge in [-0.05, 0) is 36.2 Å². The van der Waals surface area contributed by atoms with E-state index in [1.54, 1.807) is 36.4 Å². The van der Waals surface area contributed by atoms with Crippen molar-refractivity contribution in [1.82, 2.24) is 0 Å². The minimum absolute atomic E-state index is 0.227. The van der Waals surface area contributed by atoms with Crippen LogP contribution in [0.1, 0.15) is 5.56 Å². The number of halogens is 1. The van der Waals surface area contributed by atoms with Crippen LogP contribution < -0.4 is 10.0 Å². The summed E-state index contributed by atoms with van der Waals surface area (Å²) in [7, 11) is -3.63. The van der Waals surface area contributed by atoms with Crippen molar-refractivity contribution in [3.8, 4) is 0 Å². The van der Waals surface area contributed by atoms with Gasteiger partial charge in [0.1, 0.15) is 0 Å². The summed E-state index contributed by atoms with van der Waals surface area (Å²) >= 11 is 5.97. The summed E-state index contributed by atoms with van der Waals surface area (Å²) in [6, 6.07) is 11.9. The molecule has 1 aliphatic heterocycles. The Bertz CT molecular complexity index is 760. The van der Waals surface area contributed by atoms with Crippen LogP contribution in [0.5, 0.6) is 0 Å². The molecule has 0 spiro atoms. The third-order valence-corrected chi connectivity index (χ3v) is 4.91. The molecule has 0 atom stereocenters. The summed E-state index contributed by atoms with van der Waals surface area (Å²) in [4.78, 5) is 0.227. The first-order valence-electron chi connectivity index (χ1n) is 6.20. The van der Waals surface area contributed by atoms with Crippen molar-refractivity contribution in [2.75, 3.05) is 16.6 Å². The van der Waals surface area contributed by atoms with Gasteiger partial charge in [-0.15, -0.1) is 0 Å². The zero-order valence-electron chi connectivity index (χ0n) is 10.6. The SMILES string of the molecule is O=S(=O)(Nc1ccccc1Cl)c1ccc2c(c1)NCC2. The van der Waals surface area contributed by atoms with Gasteiger partial charge in [-0.2, -0.15) is 0 Å². The molecule has 104 valence electrons. The Morgan fingerprint density at radius 2 is 1.95 bits per heavy atom. The van der Waals surface area contributed by atoms with Crippen LogP contribution in [0.2, 0.25) is 5.02 Å². The molecule has 1 aliphatic rings. The van der Waals surface area contributed by atoms with E-state index in [2.05, 4.69) is 10.0 Å². The molecule has 2 N–H and O–H groups in total. The van der Waals surface area contributed by atoms with Gasteiger partial charge in [-0.25, -0.2) is 8.42 Å². The van der Waals surface area contributed by atoms with E-state index in [0.717, 1.165) is 24.2 Å². The van der Waals surface area contributed by atoms with Crippen molar-refractivity contribution in [3.63, 3.8) is 0 Å². The molecule has 6 heteroatoms. The number of sulfonamides is 1. The Labute approximate surface area is 122 Å². The minimum atomic E-state index is -3.63. The lowest BCUT2D eigenvalue weighted by Crippen LogP contribution is -2.13. The predicted molar refractivity (Wildman–Crippen MR) is 80.9 cm³/mol.